The highest BCUT2D eigenvalue weighted by molar-refractivity contribution is 6.01. The molecule has 5 aliphatic rings. The van der Waals surface area contributed by atoms with Crippen molar-refractivity contribution in [1.82, 2.24) is 0 Å². The maximum absolute atomic E-state index is 17.3. The summed E-state index contributed by atoms with van der Waals surface area (Å²) < 4.78 is 50.3. The first-order valence-corrected chi connectivity index (χ1v) is 12.1. The van der Waals surface area contributed by atoms with Gasteiger partial charge in [0, 0.05) is 23.7 Å². The van der Waals surface area contributed by atoms with Gasteiger partial charge in [-0.1, -0.05) is 13.0 Å². The third-order valence-corrected chi connectivity index (χ3v) is 9.44. The van der Waals surface area contributed by atoms with Crippen molar-refractivity contribution in [3.8, 4) is 0 Å². The summed E-state index contributed by atoms with van der Waals surface area (Å²) in [6.45, 7) is 7.28. The van der Waals surface area contributed by atoms with Crippen LogP contribution < -0.4 is 0 Å². The fraction of sp³-hybridized carbons (Fsp3) is 0.731. The molecule has 1 saturated heterocycles. The van der Waals surface area contributed by atoms with Crippen LogP contribution in [0.3, 0.4) is 0 Å². The lowest BCUT2D eigenvalue weighted by atomic mass is 9.44. The minimum atomic E-state index is -2.27. The van der Waals surface area contributed by atoms with Gasteiger partial charge in [-0.25, -0.2) is 8.78 Å². The molecule has 1 heterocycles. The Balaban J connectivity index is 1.62. The average Bonchev–Trinajstić information content (AvgIpc) is 3.16. The zero-order valence-electron chi connectivity index (χ0n) is 20.6. The molecule has 0 radical (unpaired) electrons. The van der Waals surface area contributed by atoms with Gasteiger partial charge in [-0.2, -0.15) is 0 Å². The number of alkyl halides is 2. The van der Waals surface area contributed by atoms with Gasteiger partial charge in [-0.15, -0.1) is 0 Å². The summed E-state index contributed by atoms with van der Waals surface area (Å²) in [6, 6.07) is 0. The molecular weight excluding hydrogens is 462 g/mol. The summed E-state index contributed by atoms with van der Waals surface area (Å²) >= 11 is 0. The van der Waals surface area contributed by atoms with Crippen molar-refractivity contribution in [3.05, 3.63) is 23.8 Å². The van der Waals surface area contributed by atoms with Crippen molar-refractivity contribution in [2.24, 2.45) is 22.7 Å². The number of allylic oxidation sites excluding steroid dienone is 4. The first-order chi connectivity index (χ1) is 16.1. The van der Waals surface area contributed by atoms with E-state index < -0.39 is 82.2 Å². The predicted molar refractivity (Wildman–Crippen MR) is 118 cm³/mol. The van der Waals surface area contributed by atoms with E-state index in [1.165, 1.54) is 26.0 Å². The summed E-state index contributed by atoms with van der Waals surface area (Å²) in [5.74, 6) is -4.23. The summed E-state index contributed by atoms with van der Waals surface area (Å²) in [5.41, 5.74) is -6.46. The molecule has 192 valence electrons. The van der Waals surface area contributed by atoms with E-state index in [2.05, 4.69) is 0 Å². The molecule has 0 amide bonds. The van der Waals surface area contributed by atoms with Crippen LogP contribution in [-0.2, 0) is 28.6 Å². The van der Waals surface area contributed by atoms with E-state index >= 15 is 8.78 Å². The quantitative estimate of drug-likeness (QED) is 0.603. The van der Waals surface area contributed by atoms with Crippen molar-refractivity contribution in [1.29, 1.82) is 0 Å². The number of rotatable bonds is 3. The summed E-state index contributed by atoms with van der Waals surface area (Å²) in [4.78, 5) is 37.1. The van der Waals surface area contributed by atoms with Gasteiger partial charge >= 0.3 is 5.97 Å². The van der Waals surface area contributed by atoms with Crippen molar-refractivity contribution in [2.75, 3.05) is 6.61 Å². The van der Waals surface area contributed by atoms with Crippen molar-refractivity contribution < 1.29 is 42.5 Å². The summed E-state index contributed by atoms with van der Waals surface area (Å²) in [5, 5.41) is 11.5. The highest BCUT2D eigenvalue weighted by atomic mass is 19.1. The van der Waals surface area contributed by atoms with Gasteiger partial charge in [0.2, 0.25) is 5.78 Å². The second kappa shape index (κ2) is 7.29. The molecule has 1 aliphatic heterocycles. The molecule has 5 rings (SSSR count). The number of ether oxygens (including phenoxy) is 3. The standard InChI is InChI=1S/C26H32F2O7/c1-13(29)33-12-20(32)26-21(34-22(2,3)35-26)10-15-16-9-18(27)17-8-14(30)6-7-23(17,4)25(16,28)19(31)11-24(15,26)5/h6-8,15-16,18-19,21,31H,9-12H2,1-5H3/t15-,16-,18+,19+,21-,23+,24-,25-,26+/m1/s1. The number of hydrogen-bond acceptors (Lipinski definition) is 7. The van der Waals surface area contributed by atoms with Crippen LogP contribution in [0.5, 0.6) is 0 Å². The lowest BCUT2D eigenvalue weighted by molar-refractivity contribution is -0.249. The van der Waals surface area contributed by atoms with Crippen LogP contribution in [0, 0.1) is 22.7 Å². The Morgan fingerprint density at radius 3 is 2.54 bits per heavy atom. The van der Waals surface area contributed by atoms with Crippen molar-refractivity contribution in [3.63, 3.8) is 0 Å². The van der Waals surface area contributed by atoms with E-state index in [4.69, 9.17) is 14.2 Å². The third kappa shape index (κ3) is 2.95. The SMILES string of the molecule is CC(=O)OCC(=O)[C@]12OC(C)(C)O[C@@H]1C[C@@H]1[C@H]3C[C@H](F)C4=CC(=O)C=C[C@]4(C)[C@]3(F)[C@@H](O)C[C@]12C. The molecule has 35 heavy (non-hydrogen) atoms. The Kier molecular flexibility index (Phi) is 5.15. The van der Waals surface area contributed by atoms with Gasteiger partial charge in [-0.05, 0) is 63.7 Å². The summed E-state index contributed by atoms with van der Waals surface area (Å²) in [7, 11) is 0. The number of halogens is 2. The summed E-state index contributed by atoms with van der Waals surface area (Å²) in [6.07, 6.45) is -0.345. The zero-order chi connectivity index (χ0) is 25.8. The number of Topliss-reactive ketones (excluding diaryl/α,β-unsaturated/α-hetero) is 1. The molecule has 0 aromatic rings. The van der Waals surface area contributed by atoms with Crippen molar-refractivity contribution >= 4 is 17.5 Å². The Hall–Kier alpha value is -1.97. The fourth-order valence-corrected chi connectivity index (χ4v) is 8.08. The first kappa shape index (κ1) is 24.7. The second-order valence-electron chi connectivity index (χ2n) is 11.6. The number of hydrogen-bond donors (Lipinski definition) is 1. The smallest absolute Gasteiger partial charge is 0.303 e. The van der Waals surface area contributed by atoms with E-state index in [1.54, 1.807) is 20.8 Å². The number of ketones is 2. The maximum atomic E-state index is 17.3. The van der Waals surface area contributed by atoms with Gasteiger partial charge in [0.15, 0.2) is 29.4 Å². The lowest BCUT2D eigenvalue weighted by Gasteiger charge is -2.63. The van der Waals surface area contributed by atoms with E-state index in [-0.39, 0.29) is 24.8 Å². The second-order valence-corrected chi connectivity index (χ2v) is 11.6. The number of carbonyl (C=O) groups is 3. The fourth-order valence-electron chi connectivity index (χ4n) is 8.08. The molecule has 0 spiro atoms. The van der Waals surface area contributed by atoms with Crippen LogP contribution in [-0.4, -0.2) is 64.7 Å². The Morgan fingerprint density at radius 2 is 1.89 bits per heavy atom. The maximum Gasteiger partial charge on any atom is 0.303 e. The molecule has 4 aliphatic carbocycles. The van der Waals surface area contributed by atoms with Crippen LogP contribution in [0.25, 0.3) is 0 Å². The predicted octanol–water partition coefficient (Wildman–Crippen LogP) is 2.94. The highest BCUT2D eigenvalue weighted by Crippen LogP contribution is 2.72. The third-order valence-electron chi connectivity index (χ3n) is 9.44. The number of aliphatic hydroxyl groups is 1. The molecule has 9 atom stereocenters. The van der Waals surface area contributed by atoms with E-state index in [1.807, 2.05) is 0 Å². The number of fused-ring (bicyclic) bond motifs is 7. The molecule has 0 unspecified atom stereocenters. The molecule has 3 saturated carbocycles. The lowest BCUT2D eigenvalue weighted by Crippen LogP contribution is -2.71. The van der Waals surface area contributed by atoms with Crippen LogP contribution >= 0.6 is 0 Å². The van der Waals surface area contributed by atoms with Gasteiger partial charge in [0.25, 0.3) is 0 Å². The highest BCUT2D eigenvalue weighted by Gasteiger charge is 2.80. The van der Waals surface area contributed by atoms with E-state index in [0.717, 1.165) is 6.08 Å². The van der Waals surface area contributed by atoms with Crippen molar-refractivity contribution in [2.45, 2.75) is 89.3 Å². The molecule has 9 heteroatoms. The van der Waals surface area contributed by atoms with Crippen LogP contribution in [0.15, 0.2) is 23.8 Å². The number of aliphatic hydroxyl groups excluding tert-OH is 1. The Labute approximate surface area is 202 Å². The minimum Gasteiger partial charge on any atom is -0.458 e. The molecular formula is C26H32F2O7. The Bertz CT molecular complexity index is 1070. The molecule has 0 bridgehead atoms. The minimum absolute atomic E-state index is 0.0406. The number of carbonyl (C=O) groups excluding carboxylic acids is 3. The largest absolute Gasteiger partial charge is 0.458 e. The molecule has 1 N–H and O–H groups in total. The molecule has 0 aromatic carbocycles. The van der Waals surface area contributed by atoms with Gasteiger partial charge in [-0.3, -0.25) is 14.4 Å². The van der Waals surface area contributed by atoms with Gasteiger partial charge < -0.3 is 19.3 Å². The zero-order valence-corrected chi connectivity index (χ0v) is 20.6. The molecule has 7 nitrogen and oxygen atoms in total. The molecule has 4 fully saturated rings. The van der Waals surface area contributed by atoms with Crippen LogP contribution in [0.4, 0.5) is 8.78 Å². The van der Waals surface area contributed by atoms with Gasteiger partial charge in [0.05, 0.1) is 12.2 Å². The first-order valence-electron chi connectivity index (χ1n) is 12.1. The van der Waals surface area contributed by atoms with Crippen LogP contribution in [0.2, 0.25) is 0 Å². The monoisotopic (exact) mass is 494 g/mol. The van der Waals surface area contributed by atoms with Crippen LogP contribution in [0.1, 0.15) is 53.9 Å². The Morgan fingerprint density at radius 1 is 1.20 bits per heavy atom. The normalized spacial score (nSPS) is 49.4. The average molecular weight is 495 g/mol. The van der Waals surface area contributed by atoms with Gasteiger partial charge in [0.1, 0.15) is 6.17 Å². The van der Waals surface area contributed by atoms with E-state index in [0.29, 0.717) is 0 Å². The molecule has 0 aromatic heterocycles. The number of esters is 1. The topological polar surface area (TPSA) is 99.1 Å². The van der Waals surface area contributed by atoms with E-state index in [9.17, 15) is 19.5 Å².